The fourth-order valence-electron chi connectivity index (χ4n) is 1.63. The van der Waals surface area contributed by atoms with E-state index in [0.717, 1.165) is 6.07 Å². The molecular weight excluding hydrogens is 303 g/mol. The number of hydrogen-bond acceptors (Lipinski definition) is 4. The van der Waals surface area contributed by atoms with Crippen LogP contribution in [0, 0.1) is 0 Å². The molecule has 1 N–H and O–H groups in total. The first-order valence-electron chi connectivity index (χ1n) is 6.32. The predicted molar refractivity (Wildman–Crippen MR) is 71.5 cm³/mol. The average Bonchev–Trinajstić information content (AvgIpc) is 2.39. The Bertz CT molecular complexity index is 596. The molecule has 1 aromatic rings. The van der Waals surface area contributed by atoms with Crippen LogP contribution in [-0.2, 0) is 20.7 Å². The van der Waals surface area contributed by atoms with Gasteiger partial charge in [-0.2, -0.15) is 13.2 Å². The predicted octanol–water partition coefficient (Wildman–Crippen LogP) is 2.50. The summed E-state index contributed by atoms with van der Waals surface area (Å²) in [6.45, 7) is 2.94. The Hall–Kier alpha value is -2.38. The van der Waals surface area contributed by atoms with Crippen LogP contribution < -0.4 is 5.32 Å². The Kier molecular flexibility index (Phi) is 5.67. The van der Waals surface area contributed by atoms with Gasteiger partial charge in [-0.15, -0.1) is 0 Å². The van der Waals surface area contributed by atoms with E-state index in [9.17, 15) is 27.6 Å². The van der Waals surface area contributed by atoms with Crippen LogP contribution in [0.25, 0.3) is 0 Å². The second-order valence-electron chi connectivity index (χ2n) is 4.36. The van der Waals surface area contributed by atoms with Crippen molar-refractivity contribution in [1.29, 1.82) is 0 Å². The van der Waals surface area contributed by atoms with Gasteiger partial charge >= 0.3 is 18.1 Å². The van der Waals surface area contributed by atoms with Crippen molar-refractivity contribution in [1.82, 2.24) is 0 Å². The Morgan fingerprint density at radius 2 is 1.86 bits per heavy atom. The summed E-state index contributed by atoms with van der Waals surface area (Å²) >= 11 is 0. The molecule has 0 heterocycles. The molecule has 0 saturated carbocycles. The largest absolute Gasteiger partial charge is 0.471 e. The standard InChI is InChI=1S/C14H14F3NO4/c1-3-22-12(20)7-10-5-4-9(8(2)19)6-11(10)18-13(21)14(15,16)17/h4-6H,3,7H2,1-2H3,(H,18,21). The monoisotopic (exact) mass is 317 g/mol. The van der Waals surface area contributed by atoms with Gasteiger partial charge in [0.05, 0.1) is 13.0 Å². The molecule has 0 unspecified atom stereocenters. The van der Waals surface area contributed by atoms with Crippen LogP contribution in [0.5, 0.6) is 0 Å². The van der Waals surface area contributed by atoms with Crippen LogP contribution in [0.2, 0.25) is 0 Å². The van der Waals surface area contributed by atoms with Crippen LogP contribution >= 0.6 is 0 Å². The van der Waals surface area contributed by atoms with E-state index < -0.39 is 18.1 Å². The fourth-order valence-corrected chi connectivity index (χ4v) is 1.63. The molecule has 1 aromatic carbocycles. The molecule has 0 aromatic heterocycles. The molecule has 0 aliphatic heterocycles. The molecule has 0 saturated heterocycles. The molecule has 0 bridgehead atoms. The summed E-state index contributed by atoms with van der Waals surface area (Å²) < 4.78 is 41.7. The lowest BCUT2D eigenvalue weighted by Crippen LogP contribution is -2.30. The molecule has 0 aliphatic carbocycles. The molecule has 120 valence electrons. The van der Waals surface area contributed by atoms with Crippen LogP contribution in [-0.4, -0.2) is 30.4 Å². The van der Waals surface area contributed by atoms with Crippen molar-refractivity contribution in [2.45, 2.75) is 26.4 Å². The number of ether oxygens (including phenoxy) is 1. The van der Waals surface area contributed by atoms with Crippen molar-refractivity contribution in [2.24, 2.45) is 0 Å². The summed E-state index contributed by atoms with van der Waals surface area (Å²) in [6, 6.07) is 3.76. The summed E-state index contributed by atoms with van der Waals surface area (Å²) in [7, 11) is 0. The first kappa shape index (κ1) is 17.7. The topological polar surface area (TPSA) is 72.5 Å². The summed E-state index contributed by atoms with van der Waals surface area (Å²) in [6.07, 6.45) is -5.40. The second-order valence-corrected chi connectivity index (χ2v) is 4.36. The molecular formula is C14H14F3NO4. The minimum atomic E-state index is -5.08. The molecule has 0 aliphatic rings. The first-order chi connectivity index (χ1) is 10.1. The lowest BCUT2D eigenvalue weighted by atomic mass is 10.0. The molecule has 1 rings (SSSR count). The lowest BCUT2D eigenvalue weighted by molar-refractivity contribution is -0.167. The molecule has 0 fully saturated rings. The van der Waals surface area contributed by atoms with E-state index in [-0.39, 0.29) is 35.6 Å². The highest BCUT2D eigenvalue weighted by atomic mass is 19.4. The number of carbonyl (C=O) groups excluding carboxylic acids is 3. The van der Waals surface area contributed by atoms with Crippen molar-refractivity contribution in [3.8, 4) is 0 Å². The number of halogens is 3. The van der Waals surface area contributed by atoms with E-state index >= 15 is 0 Å². The molecule has 0 radical (unpaired) electrons. The first-order valence-corrected chi connectivity index (χ1v) is 6.32. The Morgan fingerprint density at radius 3 is 2.36 bits per heavy atom. The Balaban J connectivity index is 3.12. The zero-order valence-electron chi connectivity index (χ0n) is 11.9. The zero-order valence-corrected chi connectivity index (χ0v) is 11.9. The maximum atomic E-state index is 12.3. The number of carbonyl (C=O) groups is 3. The quantitative estimate of drug-likeness (QED) is 0.669. The van der Waals surface area contributed by atoms with Crippen LogP contribution in [0.1, 0.15) is 29.8 Å². The van der Waals surface area contributed by atoms with Crippen LogP contribution in [0.4, 0.5) is 18.9 Å². The van der Waals surface area contributed by atoms with Gasteiger partial charge in [0.1, 0.15) is 0 Å². The van der Waals surface area contributed by atoms with Gasteiger partial charge in [0, 0.05) is 11.3 Å². The third-order valence-electron chi connectivity index (χ3n) is 2.66. The molecule has 0 atom stereocenters. The summed E-state index contributed by atoms with van der Waals surface area (Å²) in [4.78, 5) is 33.8. The summed E-state index contributed by atoms with van der Waals surface area (Å²) in [5.74, 6) is -3.22. The Morgan fingerprint density at radius 1 is 1.23 bits per heavy atom. The lowest BCUT2D eigenvalue weighted by Gasteiger charge is -2.13. The maximum Gasteiger partial charge on any atom is 0.471 e. The number of amides is 1. The minimum absolute atomic E-state index is 0.116. The van der Waals surface area contributed by atoms with Gasteiger partial charge < -0.3 is 10.1 Å². The molecule has 8 heteroatoms. The molecule has 22 heavy (non-hydrogen) atoms. The van der Waals surface area contributed by atoms with Gasteiger partial charge in [-0.05, 0) is 25.5 Å². The second kappa shape index (κ2) is 7.06. The molecule has 1 amide bonds. The van der Waals surface area contributed by atoms with E-state index in [4.69, 9.17) is 4.74 Å². The zero-order chi connectivity index (χ0) is 16.9. The SMILES string of the molecule is CCOC(=O)Cc1ccc(C(C)=O)cc1NC(=O)C(F)(F)F. The average molecular weight is 317 g/mol. The van der Waals surface area contributed by atoms with E-state index in [2.05, 4.69) is 0 Å². The number of nitrogens with one attached hydrogen (secondary N) is 1. The van der Waals surface area contributed by atoms with E-state index in [0.29, 0.717) is 0 Å². The van der Waals surface area contributed by atoms with Crippen molar-refractivity contribution in [3.63, 3.8) is 0 Å². The highest BCUT2D eigenvalue weighted by molar-refractivity contribution is 5.99. The van der Waals surface area contributed by atoms with Gasteiger partial charge in [0.15, 0.2) is 5.78 Å². The number of anilines is 1. The number of benzene rings is 1. The minimum Gasteiger partial charge on any atom is -0.466 e. The smallest absolute Gasteiger partial charge is 0.466 e. The number of rotatable bonds is 5. The number of ketones is 1. The third-order valence-corrected chi connectivity index (χ3v) is 2.66. The van der Waals surface area contributed by atoms with Crippen molar-refractivity contribution in [3.05, 3.63) is 29.3 Å². The molecule has 0 spiro atoms. The van der Waals surface area contributed by atoms with Crippen molar-refractivity contribution in [2.75, 3.05) is 11.9 Å². The number of hydrogen-bond donors (Lipinski definition) is 1. The van der Waals surface area contributed by atoms with Crippen molar-refractivity contribution < 1.29 is 32.3 Å². The highest BCUT2D eigenvalue weighted by Gasteiger charge is 2.39. The normalized spacial score (nSPS) is 11.0. The van der Waals surface area contributed by atoms with E-state index in [1.807, 2.05) is 0 Å². The molecule has 5 nitrogen and oxygen atoms in total. The number of esters is 1. The van der Waals surface area contributed by atoms with Crippen LogP contribution in [0.3, 0.4) is 0 Å². The number of alkyl halides is 3. The van der Waals surface area contributed by atoms with Gasteiger partial charge in [0.25, 0.3) is 0 Å². The summed E-state index contributed by atoms with van der Waals surface area (Å²) in [5, 5.41) is 1.67. The van der Waals surface area contributed by atoms with E-state index in [1.54, 1.807) is 12.2 Å². The van der Waals surface area contributed by atoms with Crippen LogP contribution in [0.15, 0.2) is 18.2 Å². The third kappa shape index (κ3) is 4.87. The van der Waals surface area contributed by atoms with E-state index in [1.165, 1.54) is 19.1 Å². The van der Waals surface area contributed by atoms with Gasteiger partial charge in [-0.25, -0.2) is 0 Å². The fraction of sp³-hybridized carbons (Fsp3) is 0.357. The van der Waals surface area contributed by atoms with Crippen molar-refractivity contribution >= 4 is 23.3 Å². The highest BCUT2D eigenvalue weighted by Crippen LogP contribution is 2.23. The number of Topliss-reactive ketones (excluding diaryl/α,β-unsaturated/α-hetero) is 1. The van der Waals surface area contributed by atoms with Gasteiger partial charge in [0.2, 0.25) is 0 Å². The van der Waals surface area contributed by atoms with Gasteiger partial charge in [-0.1, -0.05) is 12.1 Å². The Labute approximate surface area is 124 Å². The van der Waals surface area contributed by atoms with Gasteiger partial charge in [-0.3, -0.25) is 14.4 Å². The summed E-state index contributed by atoms with van der Waals surface area (Å²) in [5.41, 5.74) is -0.00536. The maximum absolute atomic E-state index is 12.3.